The minimum absolute atomic E-state index is 0.261. The highest BCUT2D eigenvalue weighted by atomic mass is 19.4. The minimum atomic E-state index is -4.52. The fourth-order valence-electron chi connectivity index (χ4n) is 2.37. The summed E-state index contributed by atoms with van der Waals surface area (Å²) in [6, 6.07) is 0.842. The first-order valence-electron chi connectivity index (χ1n) is 7.19. The van der Waals surface area contributed by atoms with Crippen LogP contribution in [0.4, 0.5) is 13.2 Å². The van der Waals surface area contributed by atoms with E-state index < -0.39 is 18.0 Å². The van der Waals surface area contributed by atoms with Gasteiger partial charge in [-0.15, -0.1) is 0 Å². The van der Waals surface area contributed by atoms with E-state index in [4.69, 9.17) is 4.74 Å². The molecule has 0 saturated carbocycles. The fraction of sp³-hybridized carbons (Fsp3) is 0.429. The van der Waals surface area contributed by atoms with E-state index >= 15 is 0 Å². The number of nitrogens with zero attached hydrogens (tertiary/aromatic N) is 5. The van der Waals surface area contributed by atoms with Gasteiger partial charge in [0.2, 0.25) is 5.91 Å². The molecule has 0 spiro atoms. The fourth-order valence-corrected chi connectivity index (χ4v) is 2.37. The van der Waals surface area contributed by atoms with Crippen molar-refractivity contribution >= 4 is 5.91 Å². The average Bonchev–Trinajstić information content (AvgIpc) is 3.05. The molecule has 24 heavy (non-hydrogen) atoms. The normalized spacial score (nSPS) is 18.6. The molecule has 1 aliphatic heterocycles. The molecule has 1 saturated heterocycles. The van der Waals surface area contributed by atoms with Crippen molar-refractivity contribution in [3.05, 3.63) is 42.2 Å². The summed E-state index contributed by atoms with van der Waals surface area (Å²) < 4.78 is 44.2. The second-order valence-electron chi connectivity index (χ2n) is 5.23. The molecule has 7 nitrogen and oxygen atoms in total. The summed E-state index contributed by atoms with van der Waals surface area (Å²) in [4.78, 5) is 21.9. The van der Waals surface area contributed by atoms with Gasteiger partial charge in [-0.2, -0.15) is 18.3 Å². The van der Waals surface area contributed by atoms with Crippen LogP contribution in [0.25, 0.3) is 0 Å². The van der Waals surface area contributed by atoms with Crippen LogP contribution in [0.2, 0.25) is 0 Å². The SMILES string of the molecule is O=C(Cn1ccc(C(F)(F)F)n1)N1CCOC(c2cnccn2)C1. The van der Waals surface area contributed by atoms with Crippen LogP contribution in [0.1, 0.15) is 17.5 Å². The molecule has 128 valence electrons. The maximum absolute atomic E-state index is 12.5. The van der Waals surface area contributed by atoms with Crippen molar-refractivity contribution in [2.75, 3.05) is 19.7 Å². The van der Waals surface area contributed by atoms with E-state index in [-0.39, 0.29) is 19.0 Å². The standard InChI is InChI=1S/C14H14F3N5O2/c15-14(16,17)12-1-4-22(20-12)9-13(23)21-5-6-24-11(8-21)10-7-18-2-3-19-10/h1-4,7,11H,5-6,8-9H2. The topological polar surface area (TPSA) is 73.1 Å². The second-order valence-corrected chi connectivity index (χ2v) is 5.23. The van der Waals surface area contributed by atoms with Crippen molar-refractivity contribution in [2.45, 2.75) is 18.8 Å². The van der Waals surface area contributed by atoms with E-state index in [0.29, 0.717) is 18.8 Å². The number of amides is 1. The molecular formula is C14H14F3N5O2. The quantitative estimate of drug-likeness (QED) is 0.841. The van der Waals surface area contributed by atoms with Crippen LogP contribution in [0, 0.1) is 0 Å². The smallest absolute Gasteiger partial charge is 0.368 e. The van der Waals surface area contributed by atoms with Gasteiger partial charge in [0.05, 0.1) is 25.0 Å². The molecule has 0 aliphatic carbocycles. The van der Waals surface area contributed by atoms with Crippen LogP contribution in [0.3, 0.4) is 0 Å². The zero-order chi connectivity index (χ0) is 17.2. The van der Waals surface area contributed by atoms with Gasteiger partial charge in [-0.25, -0.2) is 0 Å². The Morgan fingerprint density at radius 2 is 2.21 bits per heavy atom. The first-order chi connectivity index (χ1) is 11.4. The van der Waals surface area contributed by atoms with Crippen LogP contribution in [0.5, 0.6) is 0 Å². The van der Waals surface area contributed by atoms with Crippen LogP contribution in [-0.4, -0.2) is 50.3 Å². The van der Waals surface area contributed by atoms with E-state index in [1.54, 1.807) is 6.20 Å². The Labute approximate surface area is 135 Å². The molecule has 3 heterocycles. The third-order valence-electron chi connectivity index (χ3n) is 3.56. The van der Waals surface area contributed by atoms with Crippen molar-refractivity contribution in [2.24, 2.45) is 0 Å². The number of alkyl halides is 3. The number of hydrogen-bond acceptors (Lipinski definition) is 5. The summed E-state index contributed by atoms with van der Waals surface area (Å²) in [6.45, 7) is 0.692. The van der Waals surface area contributed by atoms with E-state index in [2.05, 4.69) is 15.1 Å². The average molecular weight is 341 g/mol. The van der Waals surface area contributed by atoms with Crippen LogP contribution in [-0.2, 0) is 22.3 Å². The number of aromatic nitrogens is 4. The van der Waals surface area contributed by atoms with Crippen LogP contribution in [0.15, 0.2) is 30.9 Å². The predicted octanol–water partition coefficient (Wildman–Crippen LogP) is 1.29. The molecule has 0 radical (unpaired) electrons. The van der Waals surface area contributed by atoms with Crippen LogP contribution >= 0.6 is 0 Å². The number of ether oxygens (including phenoxy) is 1. The lowest BCUT2D eigenvalue weighted by molar-refractivity contribution is -0.143. The Balaban J connectivity index is 1.63. The first kappa shape index (κ1) is 16.4. The highest BCUT2D eigenvalue weighted by Crippen LogP contribution is 2.27. The Hall–Kier alpha value is -2.49. The largest absolute Gasteiger partial charge is 0.435 e. The summed E-state index contributed by atoms with van der Waals surface area (Å²) in [7, 11) is 0. The number of carbonyl (C=O) groups is 1. The van der Waals surface area contributed by atoms with E-state index in [9.17, 15) is 18.0 Å². The Morgan fingerprint density at radius 1 is 1.38 bits per heavy atom. The lowest BCUT2D eigenvalue weighted by Gasteiger charge is -2.32. The molecule has 1 aliphatic rings. The molecule has 0 aromatic carbocycles. The van der Waals surface area contributed by atoms with Gasteiger partial charge >= 0.3 is 6.18 Å². The van der Waals surface area contributed by atoms with Crippen molar-refractivity contribution in [1.29, 1.82) is 0 Å². The van der Waals surface area contributed by atoms with Crippen molar-refractivity contribution < 1.29 is 22.7 Å². The molecule has 1 amide bonds. The molecular weight excluding hydrogens is 327 g/mol. The van der Waals surface area contributed by atoms with Crippen molar-refractivity contribution in [1.82, 2.24) is 24.6 Å². The van der Waals surface area contributed by atoms with Crippen LogP contribution < -0.4 is 0 Å². The molecule has 1 atom stereocenters. The van der Waals surface area contributed by atoms with E-state index in [0.717, 1.165) is 16.9 Å². The van der Waals surface area contributed by atoms with Gasteiger partial charge in [0, 0.05) is 25.1 Å². The third-order valence-corrected chi connectivity index (χ3v) is 3.56. The number of carbonyl (C=O) groups excluding carboxylic acids is 1. The van der Waals surface area contributed by atoms with E-state index in [1.165, 1.54) is 17.3 Å². The predicted molar refractivity (Wildman–Crippen MR) is 74.5 cm³/mol. The highest BCUT2D eigenvalue weighted by molar-refractivity contribution is 5.76. The molecule has 1 unspecified atom stereocenters. The number of hydrogen-bond donors (Lipinski definition) is 0. The Morgan fingerprint density at radius 3 is 2.88 bits per heavy atom. The minimum Gasteiger partial charge on any atom is -0.368 e. The third kappa shape index (κ3) is 3.70. The summed E-state index contributed by atoms with van der Waals surface area (Å²) in [5.41, 5.74) is -0.414. The number of rotatable bonds is 3. The number of halogens is 3. The molecule has 2 aromatic rings. The lowest BCUT2D eigenvalue weighted by Crippen LogP contribution is -2.44. The van der Waals surface area contributed by atoms with Crippen molar-refractivity contribution in [3.8, 4) is 0 Å². The summed E-state index contributed by atoms with van der Waals surface area (Å²) in [6.07, 6.45) is 0.834. The van der Waals surface area contributed by atoms with Gasteiger partial charge < -0.3 is 9.64 Å². The monoisotopic (exact) mass is 341 g/mol. The molecule has 3 rings (SSSR count). The zero-order valence-corrected chi connectivity index (χ0v) is 12.5. The lowest BCUT2D eigenvalue weighted by atomic mass is 10.2. The second kappa shape index (κ2) is 6.56. The van der Waals surface area contributed by atoms with Gasteiger partial charge in [0.1, 0.15) is 12.6 Å². The molecule has 0 bridgehead atoms. The zero-order valence-electron chi connectivity index (χ0n) is 12.5. The van der Waals surface area contributed by atoms with E-state index in [1.807, 2.05) is 0 Å². The Kier molecular flexibility index (Phi) is 4.47. The molecule has 0 N–H and O–H groups in total. The molecule has 10 heteroatoms. The van der Waals surface area contributed by atoms with Gasteiger partial charge in [-0.3, -0.25) is 19.4 Å². The van der Waals surface area contributed by atoms with Gasteiger partial charge in [0.25, 0.3) is 0 Å². The maximum atomic E-state index is 12.5. The van der Waals surface area contributed by atoms with Gasteiger partial charge in [-0.05, 0) is 6.07 Å². The molecule has 2 aromatic heterocycles. The summed E-state index contributed by atoms with van der Waals surface area (Å²) in [5, 5.41) is 3.38. The highest BCUT2D eigenvalue weighted by Gasteiger charge is 2.34. The number of morpholine rings is 1. The maximum Gasteiger partial charge on any atom is 0.435 e. The summed E-state index contributed by atoms with van der Waals surface area (Å²) >= 11 is 0. The van der Waals surface area contributed by atoms with Gasteiger partial charge in [-0.1, -0.05) is 0 Å². The first-order valence-corrected chi connectivity index (χ1v) is 7.19. The Bertz CT molecular complexity index is 704. The molecule has 1 fully saturated rings. The summed E-state index contributed by atoms with van der Waals surface area (Å²) in [5.74, 6) is -0.330. The van der Waals surface area contributed by atoms with Crippen molar-refractivity contribution in [3.63, 3.8) is 0 Å². The van der Waals surface area contributed by atoms with Gasteiger partial charge in [0.15, 0.2) is 5.69 Å².